The van der Waals surface area contributed by atoms with E-state index in [4.69, 9.17) is 0 Å². The maximum absolute atomic E-state index is 14.6. The van der Waals surface area contributed by atoms with Crippen LogP contribution in [0, 0.1) is 27.7 Å². The fourth-order valence-electron chi connectivity index (χ4n) is 8.17. The third kappa shape index (κ3) is 6.19. The van der Waals surface area contributed by atoms with Crippen LogP contribution in [0.25, 0.3) is 43.1 Å². The van der Waals surface area contributed by atoms with Gasteiger partial charge in [0.2, 0.25) is 0 Å². The molecule has 0 atom stereocenters. The fourth-order valence-corrected chi connectivity index (χ4v) is 8.17. The molecule has 4 N–H and O–H groups in total. The molecule has 0 bridgehead atoms. The van der Waals surface area contributed by atoms with Crippen LogP contribution in [-0.2, 0) is 10.8 Å². The number of rotatable bonds is 6. The first-order valence-corrected chi connectivity index (χ1v) is 18.7. The minimum Gasteiger partial charge on any atom is -0.478 e. The van der Waals surface area contributed by atoms with E-state index in [0.29, 0.717) is 49.1 Å². The average Bonchev–Trinajstić information content (AvgIpc) is 3.11. The van der Waals surface area contributed by atoms with Crippen molar-refractivity contribution >= 4 is 78.2 Å². The molecule has 0 saturated carbocycles. The van der Waals surface area contributed by atoms with Gasteiger partial charge in [-0.3, -0.25) is 9.59 Å². The van der Waals surface area contributed by atoms with Gasteiger partial charge in [0.15, 0.2) is 0 Å². The summed E-state index contributed by atoms with van der Waals surface area (Å²) in [5, 5.41) is 30.9. The van der Waals surface area contributed by atoms with E-state index in [9.17, 15) is 29.4 Å². The minimum atomic E-state index is -1.24. The maximum Gasteiger partial charge on any atom is 0.336 e. The van der Waals surface area contributed by atoms with Gasteiger partial charge < -0.3 is 20.8 Å². The van der Waals surface area contributed by atoms with Crippen LogP contribution in [0.3, 0.4) is 0 Å². The summed E-state index contributed by atoms with van der Waals surface area (Å²) in [6, 6.07) is 21.5. The van der Waals surface area contributed by atoms with E-state index in [1.165, 1.54) is 12.1 Å². The van der Waals surface area contributed by atoms with E-state index in [1.54, 1.807) is 36.4 Å². The number of carbonyl (C=O) groups excluding carboxylic acids is 2. The molecule has 8 heteroatoms. The van der Waals surface area contributed by atoms with E-state index in [2.05, 4.69) is 76.4 Å². The van der Waals surface area contributed by atoms with Gasteiger partial charge in [-0.25, -0.2) is 9.59 Å². The summed E-state index contributed by atoms with van der Waals surface area (Å²) < 4.78 is 0. The van der Waals surface area contributed by atoms with Crippen LogP contribution in [0.15, 0.2) is 72.8 Å². The Bertz CT molecular complexity index is 2620. The van der Waals surface area contributed by atoms with Crippen molar-refractivity contribution in [1.29, 1.82) is 0 Å². The molecule has 0 saturated heterocycles. The number of benzene rings is 7. The van der Waals surface area contributed by atoms with E-state index < -0.39 is 23.8 Å². The number of amides is 2. The molecule has 0 aromatic heterocycles. The van der Waals surface area contributed by atoms with Crippen LogP contribution in [0.2, 0.25) is 0 Å². The summed E-state index contributed by atoms with van der Waals surface area (Å²) in [4.78, 5) is 54.1. The van der Waals surface area contributed by atoms with E-state index in [1.807, 2.05) is 27.7 Å². The van der Waals surface area contributed by atoms with Gasteiger partial charge in [0, 0.05) is 33.3 Å². The number of aromatic carboxylic acids is 2. The van der Waals surface area contributed by atoms with Crippen LogP contribution >= 0.6 is 0 Å². The molecule has 0 heterocycles. The Hall–Kier alpha value is -6.28. The van der Waals surface area contributed by atoms with Gasteiger partial charge in [0.05, 0.1) is 11.1 Å². The first-order valence-electron chi connectivity index (χ1n) is 18.7. The monoisotopic (exact) mass is 746 g/mol. The fraction of sp³-hybridized carbons (Fsp3) is 0.250. The van der Waals surface area contributed by atoms with Crippen LogP contribution in [-0.4, -0.2) is 34.0 Å². The molecule has 0 aliphatic carbocycles. The number of carbonyl (C=O) groups is 4. The second-order valence-electron chi connectivity index (χ2n) is 17.1. The predicted octanol–water partition coefficient (Wildman–Crippen LogP) is 11.5. The number of fused-ring (bicyclic) bond motifs is 2. The maximum atomic E-state index is 14.6. The quantitative estimate of drug-likeness (QED) is 0.0989. The Labute approximate surface area is 325 Å². The van der Waals surface area contributed by atoms with Crippen molar-refractivity contribution in [3.8, 4) is 0 Å². The Morgan fingerprint density at radius 3 is 0.964 bits per heavy atom. The Kier molecular flexibility index (Phi) is 8.95. The molecule has 0 aliphatic rings. The van der Waals surface area contributed by atoms with Crippen LogP contribution in [0.4, 0.5) is 11.4 Å². The van der Waals surface area contributed by atoms with Crippen molar-refractivity contribution in [3.05, 3.63) is 128 Å². The number of hydrogen-bond acceptors (Lipinski definition) is 4. The second kappa shape index (κ2) is 13.2. The molecule has 0 spiro atoms. The van der Waals surface area contributed by atoms with Gasteiger partial charge in [-0.15, -0.1) is 0 Å². The highest BCUT2D eigenvalue weighted by Gasteiger charge is 2.27. The third-order valence-electron chi connectivity index (χ3n) is 11.1. The normalized spacial score (nSPS) is 12.2. The standard InChI is InChI=1S/C48H46N2O6/c1-23-19-27(47(5,6)7)20-24(2)41(23)49-43(51)33-15-11-29-31-13-17-35(45(53)54)40-36(46(55)56)18-14-32(38(31)40)30-12-16-34(39(33)37(29)30)44(52)50-42-25(3)21-28(22-26(42)4)48(8,9)10/h11-22H,1-10H3,(H,49,51)(H,50,52)(H,53,54)(H,55,56). The number of nitrogens with one attached hydrogen (secondary N) is 2. The average molecular weight is 747 g/mol. The van der Waals surface area contributed by atoms with Crippen LogP contribution < -0.4 is 10.6 Å². The highest BCUT2D eigenvalue weighted by atomic mass is 16.4. The molecule has 7 aromatic rings. The first kappa shape index (κ1) is 38.0. The molecule has 7 aromatic carbocycles. The highest BCUT2D eigenvalue weighted by molar-refractivity contribution is 6.39. The largest absolute Gasteiger partial charge is 0.478 e. The summed E-state index contributed by atoms with van der Waals surface area (Å²) in [6.45, 7) is 20.8. The zero-order valence-electron chi connectivity index (χ0n) is 33.5. The Morgan fingerprint density at radius 2 is 0.696 bits per heavy atom. The lowest BCUT2D eigenvalue weighted by molar-refractivity contribution is 0.0695. The van der Waals surface area contributed by atoms with Crippen molar-refractivity contribution in [2.45, 2.75) is 80.1 Å². The third-order valence-corrected chi connectivity index (χ3v) is 11.1. The summed E-state index contributed by atoms with van der Waals surface area (Å²) in [5.74, 6) is -3.27. The summed E-state index contributed by atoms with van der Waals surface area (Å²) in [5.41, 5.74) is 7.49. The van der Waals surface area contributed by atoms with Gasteiger partial charge >= 0.3 is 11.9 Å². The molecular weight excluding hydrogens is 701 g/mol. The topological polar surface area (TPSA) is 133 Å². The smallest absolute Gasteiger partial charge is 0.336 e. The zero-order valence-corrected chi connectivity index (χ0v) is 33.5. The minimum absolute atomic E-state index is 0.0874. The molecule has 7 rings (SSSR count). The lowest BCUT2D eigenvalue weighted by atomic mass is 9.83. The van der Waals surface area contributed by atoms with E-state index in [0.717, 1.165) is 33.4 Å². The number of carboxylic acid groups (broad SMARTS) is 2. The first-order chi connectivity index (χ1) is 26.2. The molecule has 284 valence electrons. The Balaban J connectivity index is 1.51. The molecule has 8 nitrogen and oxygen atoms in total. The molecular formula is C48H46N2O6. The summed E-state index contributed by atoms with van der Waals surface area (Å²) >= 11 is 0. The van der Waals surface area contributed by atoms with E-state index in [-0.39, 0.29) is 38.5 Å². The number of hydrogen-bond donors (Lipinski definition) is 4. The van der Waals surface area contributed by atoms with Gasteiger partial charge in [0.1, 0.15) is 0 Å². The lowest BCUT2D eigenvalue weighted by Gasteiger charge is -2.23. The molecule has 0 unspecified atom stereocenters. The number of anilines is 2. The lowest BCUT2D eigenvalue weighted by Crippen LogP contribution is -2.19. The summed E-state index contributed by atoms with van der Waals surface area (Å²) in [7, 11) is 0. The zero-order chi connectivity index (χ0) is 40.8. The van der Waals surface area contributed by atoms with Crippen LogP contribution in [0.5, 0.6) is 0 Å². The Morgan fingerprint density at radius 1 is 0.429 bits per heavy atom. The van der Waals surface area contributed by atoms with Crippen molar-refractivity contribution in [2.75, 3.05) is 10.6 Å². The number of carboxylic acids is 2. The van der Waals surface area contributed by atoms with Gasteiger partial charge in [-0.05, 0) is 128 Å². The van der Waals surface area contributed by atoms with Crippen molar-refractivity contribution in [2.24, 2.45) is 0 Å². The molecule has 2 amide bonds. The molecule has 56 heavy (non-hydrogen) atoms. The highest BCUT2D eigenvalue weighted by Crippen LogP contribution is 2.44. The van der Waals surface area contributed by atoms with Crippen molar-refractivity contribution in [3.63, 3.8) is 0 Å². The SMILES string of the molecule is Cc1cc(C(C)(C)C)cc(C)c1NC(=O)c1ccc2c3ccc(C(=O)O)c4c(C(=O)O)ccc(c5ccc(C(=O)Nc6c(C)cc(C(C)(C)C)cc6C)c1c25)c43. The van der Waals surface area contributed by atoms with E-state index >= 15 is 0 Å². The summed E-state index contributed by atoms with van der Waals surface area (Å²) in [6.07, 6.45) is 0. The van der Waals surface area contributed by atoms with Gasteiger partial charge in [-0.1, -0.05) is 90.1 Å². The number of aryl methyl sites for hydroxylation is 4. The molecule has 0 fully saturated rings. The van der Waals surface area contributed by atoms with Gasteiger partial charge in [0.25, 0.3) is 11.8 Å². The van der Waals surface area contributed by atoms with Crippen molar-refractivity contribution in [1.82, 2.24) is 0 Å². The van der Waals surface area contributed by atoms with Gasteiger partial charge in [-0.2, -0.15) is 0 Å². The predicted molar refractivity (Wildman–Crippen MR) is 227 cm³/mol. The molecule has 0 radical (unpaired) electrons. The second-order valence-corrected chi connectivity index (χ2v) is 17.1. The van der Waals surface area contributed by atoms with Crippen molar-refractivity contribution < 1.29 is 29.4 Å². The molecule has 0 aliphatic heterocycles. The van der Waals surface area contributed by atoms with Crippen LogP contribution in [0.1, 0.15) is 116 Å².